The molecular formula is C12H15N3O4. The van der Waals surface area contributed by atoms with Gasteiger partial charge in [0.15, 0.2) is 5.54 Å². The van der Waals surface area contributed by atoms with Crippen molar-refractivity contribution in [2.45, 2.75) is 5.54 Å². The molecule has 1 saturated heterocycles. The van der Waals surface area contributed by atoms with Crippen molar-refractivity contribution in [3.05, 3.63) is 23.8 Å². The van der Waals surface area contributed by atoms with Gasteiger partial charge in [-0.25, -0.2) is 4.79 Å². The van der Waals surface area contributed by atoms with Crippen LogP contribution in [-0.4, -0.2) is 32.7 Å². The molecule has 0 bridgehead atoms. The minimum absolute atomic E-state index is 0.0686. The van der Waals surface area contributed by atoms with Crippen LogP contribution in [0.4, 0.5) is 4.79 Å². The normalized spacial score (nSPS) is 21.8. The lowest BCUT2D eigenvalue weighted by atomic mass is 9.89. The SMILES string of the molecule is COc1cc(OC)cc(C2(CN)NC(=O)NC2=O)c1. The zero-order valence-corrected chi connectivity index (χ0v) is 10.6. The van der Waals surface area contributed by atoms with E-state index in [-0.39, 0.29) is 6.54 Å². The lowest BCUT2D eigenvalue weighted by Gasteiger charge is -2.25. The van der Waals surface area contributed by atoms with Gasteiger partial charge in [0.05, 0.1) is 14.2 Å². The summed E-state index contributed by atoms with van der Waals surface area (Å²) in [5, 5.41) is 4.73. The number of benzene rings is 1. The van der Waals surface area contributed by atoms with Crippen molar-refractivity contribution < 1.29 is 19.1 Å². The number of urea groups is 1. The highest BCUT2D eigenvalue weighted by Gasteiger charge is 2.47. The zero-order chi connectivity index (χ0) is 14.0. The van der Waals surface area contributed by atoms with Crippen LogP contribution in [0.15, 0.2) is 18.2 Å². The monoisotopic (exact) mass is 265 g/mol. The molecule has 0 aliphatic carbocycles. The first kappa shape index (κ1) is 13.2. The van der Waals surface area contributed by atoms with Crippen LogP contribution >= 0.6 is 0 Å². The third-order valence-electron chi connectivity index (χ3n) is 3.09. The summed E-state index contributed by atoms with van der Waals surface area (Å²) in [5.74, 6) is 0.530. The standard InChI is InChI=1S/C12H15N3O4/c1-18-8-3-7(4-9(5-8)19-2)12(6-13)10(16)14-11(17)15-12/h3-5H,6,13H2,1-2H3,(H2,14,15,16,17). The number of hydrogen-bond acceptors (Lipinski definition) is 5. The first-order valence-electron chi connectivity index (χ1n) is 5.63. The van der Waals surface area contributed by atoms with Crippen LogP contribution in [0.2, 0.25) is 0 Å². The summed E-state index contributed by atoms with van der Waals surface area (Å²) in [4.78, 5) is 23.3. The van der Waals surface area contributed by atoms with Gasteiger partial charge in [-0.2, -0.15) is 0 Å². The number of nitrogens with one attached hydrogen (secondary N) is 2. The number of amides is 3. The van der Waals surface area contributed by atoms with Crippen LogP contribution in [0.5, 0.6) is 11.5 Å². The van der Waals surface area contributed by atoms with Gasteiger partial charge in [-0.3, -0.25) is 10.1 Å². The van der Waals surface area contributed by atoms with E-state index >= 15 is 0 Å². The Labute approximate surface area is 110 Å². The van der Waals surface area contributed by atoms with Crippen LogP contribution in [0.25, 0.3) is 0 Å². The molecule has 7 nitrogen and oxygen atoms in total. The molecule has 0 spiro atoms. The van der Waals surface area contributed by atoms with E-state index in [0.29, 0.717) is 17.1 Å². The minimum Gasteiger partial charge on any atom is -0.497 e. The number of nitrogens with two attached hydrogens (primary N) is 1. The summed E-state index contributed by atoms with van der Waals surface area (Å²) >= 11 is 0. The van der Waals surface area contributed by atoms with Gasteiger partial charge in [-0.1, -0.05) is 0 Å². The molecule has 4 N–H and O–H groups in total. The summed E-state index contributed by atoms with van der Waals surface area (Å²) in [6.45, 7) is -0.0686. The van der Waals surface area contributed by atoms with Gasteiger partial charge < -0.3 is 20.5 Å². The quantitative estimate of drug-likeness (QED) is 0.648. The molecule has 1 fully saturated rings. The summed E-state index contributed by atoms with van der Waals surface area (Å²) in [6.07, 6.45) is 0. The summed E-state index contributed by atoms with van der Waals surface area (Å²) in [7, 11) is 3.00. The van der Waals surface area contributed by atoms with Gasteiger partial charge in [0, 0.05) is 12.6 Å². The number of rotatable bonds is 4. The highest BCUT2D eigenvalue weighted by Crippen LogP contribution is 2.31. The van der Waals surface area contributed by atoms with Crippen molar-refractivity contribution in [3.8, 4) is 11.5 Å². The highest BCUT2D eigenvalue weighted by molar-refractivity contribution is 6.07. The van der Waals surface area contributed by atoms with Crippen molar-refractivity contribution >= 4 is 11.9 Å². The maximum absolute atomic E-state index is 12.0. The molecule has 0 saturated carbocycles. The number of ether oxygens (including phenoxy) is 2. The van der Waals surface area contributed by atoms with E-state index in [2.05, 4.69) is 10.6 Å². The van der Waals surface area contributed by atoms with Crippen LogP contribution in [0.1, 0.15) is 5.56 Å². The summed E-state index contributed by atoms with van der Waals surface area (Å²) in [6, 6.07) is 4.38. The van der Waals surface area contributed by atoms with E-state index in [1.807, 2.05) is 0 Å². The number of carbonyl (C=O) groups is 2. The van der Waals surface area contributed by atoms with Gasteiger partial charge in [-0.05, 0) is 17.7 Å². The van der Waals surface area contributed by atoms with Crippen molar-refractivity contribution in [1.82, 2.24) is 10.6 Å². The Balaban J connectivity index is 2.55. The molecule has 1 unspecified atom stereocenters. The molecule has 1 aromatic carbocycles. The zero-order valence-electron chi connectivity index (χ0n) is 10.6. The third-order valence-corrected chi connectivity index (χ3v) is 3.09. The van der Waals surface area contributed by atoms with Gasteiger partial charge in [0.2, 0.25) is 0 Å². The molecule has 2 rings (SSSR count). The molecule has 1 atom stereocenters. The summed E-state index contributed by atoms with van der Waals surface area (Å²) < 4.78 is 10.3. The van der Waals surface area contributed by atoms with Gasteiger partial charge >= 0.3 is 6.03 Å². The van der Waals surface area contributed by atoms with E-state index < -0.39 is 17.5 Å². The second kappa shape index (κ2) is 4.77. The number of hydrogen-bond donors (Lipinski definition) is 3. The fourth-order valence-electron chi connectivity index (χ4n) is 2.01. The van der Waals surface area contributed by atoms with Crippen LogP contribution in [0, 0.1) is 0 Å². The Morgan fingerprint density at radius 2 is 1.74 bits per heavy atom. The maximum atomic E-state index is 12.0. The van der Waals surface area contributed by atoms with Crippen molar-refractivity contribution in [2.75, 3.05) is 20.8 Å². The molecule has 102 valence electrons. The molecule has 0 aromatic heterocycles. The molecule has 3 amide bonds. The number of carbonyl (C=O) groups excluding carboxylic acids is 2. The van der Waals surface area contributed by atoms with Crippen molar-refractivity contribution in [2.24, 2.45) is 5.73 Å². The number of imide groups is 1. The molecule has 1 aliphatic heterocycles. The lowest BCUT2D eigenvalue weighted by Crippen LogP contribution is -2.49. The predicted octanol–water partition coefficient (Wildman–Crippen LogP) is -0.303. The predicted molar refractivity (Wildman–Crippen MR) is 67.0 cm³/mol. The second-order valence-corrected chi connectivity index (χ2v) is 4.12. The van der Waals surface area contributed by atoms with Crippen molar-refractivity contribution in [3.63, 3.8) is 0 Å². The number of methoxy groups -OCH3 is 2. The van der Waals surface area contributed by atoms with E-state index in [4.69, 9.17) is 15.2 Å². The fraction of sp³-hybridized carbons (Fsp3) is 0.333. The van der Waals surface area contributed by atoms with Gasteiger partial charge in [-0.15, -0.1) is 0 Å². The average molecular weight is 265 g/mol. The second-order valence-electron chi connectivity index (χ2n) is 4.12. The van der Waals surface area contributed by atoms with E-state index in [9.17, 15) is 9.59 Å². The first-order chi connectivity index (χ1) is 9.05. The molecule has 1 aromatic rings. The largest absolute Gasteiger partial charge is 0.497 e. The molecule has 1 aliphatic rings. The van der Waals surface area contributed by atoms with E-state index in [1.54, 1.807) is 18.2 Å². The highest BCUT2D eigenvalue weighted by atomic mass is 16.5. The van der Waals surface area contributed by atoms with E-state index in [1.165, 1.54) is 14.2 Å². The smallest absolute Gasteiger partial charge is 0.322 e. The Morgan fingerprint density at radius 3 is 2.11 bits per heavy atom. The van der Waals surface area contributed by atoms with Crippen LogP contribution in [-0.2, 0) is 10.3 Å². The van der Waals surface area contributed by atoms with Gasteiger partial charge in [0.1, 0.15) is 11.5 Å². The van der Waals surface area contributed by atoms with Crippen LogP contribution < -0.4 is 25.8 Å². The Bertz CT molecular complexity index is 509. The topological polar surface area (TPSA) is 103 Å². The van der Waals surface area contributed by atoms with E-state index in [0.717, 1.165) is 0 Å². The fourth-order valence-corrected chi connectivity index (χ4v) is 2.01. The van der Waals surface area contributed by atoms with Crippen LogP contribution in [0.3, 0.4) is 0 Å². The first-order valence-corrected chi connectivity index (χ1v) is 5.63. The Morgan fingerprint density at radius 1 is 1.16 bits per heavy atom. The lowest BCUT2D eigenvalue weighted by molar-refractivity contribution is -0.123. The average Bonchev–Trinajstić information content (AvgIpc) is 2.73. The molecule has 1 heterocycles. The molecule has 7 heteroatoms. The Hall–Kier alpha value is -2.28. The van der Waals surface area contributed by atoms with Gasteiger partial charge in [0.25, 0.3) is 5.91 Å². The molecule has 19 heavy (non-hydrogen) atoms. The third kappa shape index (κ3) is 2.08. The molecular weight excluding hydrogens is 250 g/mol. The van der Waals surface area contributed by atoms with Crippen molar-refractivity contribution in [1.29, 1.82) is 0 Å². The molecule has 0 radical (unpaired) electrons. The minimum atomic E-state index is -1.29. The maximum Gasteiger partial charge on any atom is 0.322 e. The summed E-state index contributed by atoms with van der Waals surface area (Å²) in [5.41, 5.74) is 4.90. The Kier molecular flexibility index (Phi) is 3.30.